The molecule has 0 spiro atoms. The maximum Gasteiger partial charge on any atom is 0.0212 e. The van der Waals surface area contributed by atoms with Gasteiger partial charge < -0.3 is 0 Å². The lowest BCUT2D eigenvalue weighted by Crippen LogP contribution is -1.99. The Morgan fingerprint density at radius 1 is 1.15 bits per heavy atom. The van der Waals surface area contributed by atoms with Crippen molar-refractivity contribution in [3.63, 3.8) is 0 Å². The van der Waals surface area contributed by atoms with Crippen LogP contribution in [0, 0.1) is 0 Å². The molecule has 1 saturated carbocycles. The molecule has 1 fully saturated rings. The smallest absolute Gasteiger partial charge is 0.0212 e. The molecule has 0 bridgehead atoms. The van der Waals surface area contributed by atoms with Crippen molar-refractivity contribution in [3.05, 3.63) is 34.3 Å². The Morgan fingerprint density at radius 3 is 2.15 bits per heavy atom. The van der Waals surface area contributed by atoms with Gasteiger partial charge in [-0.2, -0.15) is 0 Å². The van der Waals surface area contributed by atoms with Gasteiger partial charge >= 0.3 is 0 Å². The van der Waals surface area contributed by atoms with Crippen molar-refractivity contribution in [2.75, 3.05) is 0 Å². The van der Waals surface area contributed by atoms with Gasteiger partial charge in [-0.05, 0) is 29.9 Å². The number of halogens is 1. The average molecular weight is 241 g/mol. The lowest BCUT2D eigenvalue weighted by Gasteiger charge is -2.09. The molecule has 0 aliphatic heterocycles. The Hall–Kier alpha value is -0.300. The summed E-state index contributed by atoms with van der Waals surface area (Å²) in [5.74, 6) is 0. The van der Waals surface area contributed by atoms with Crippen LogP contribution in [0.4, 0.5) is 0 Å². The Kier molecular flexibility index (Phi) is 3.55. The maximum atomic E-state index is 3.57. The highest BCUT2D eigenvalue weighted by molar-refractivity contribution is 9.10. The second-order valence-electron chi connectivity index (χ2n) is 3.54. The van der Waals surface area contributed by atoms with E-state index in [2.05, 4.69) is 47.1 Å². The molecule has 0 amide bonds. The normalized spacial score (nSPS) is 17.2. The van der Waals surface area contributed by atoms with E-state index in [0.29, 0.717) is 5.41 Å². The molecule has 0 atom stereocenters. The maximum absolute atomic E-state index is 3.57. The summed E-state index contributed by atoms with van der Waals surface area (Å²) >= 11 is 3.57. The highest BCUT2D eigenvalue weighted by Crippen LogP contribution is 2.49. The highest BCUT2D eigenvalue weighted by atomic mass is 79.9. The van der Waals surface area contributed by atoms with Crippen molar-refractivity contribution in [2.24, 2.45) is 0 Å². The van der Waals surface area contributed by atoms with Crippen LogP contribution >= 0.6 is 15.9 Å². The molecule has 1 aromatic rings. The van der Waals surface area contributed by atoms with E-state index in [4.69, 9.17) is 0 Å². The molecule has 1 aromatic carbocycles. The third-order valence-electron chi connectivity index (χ3n) is 2.52. The van der Waals surface area contributed by atoms with Crippen LogP contribution in [-0.4, -0.2) is 0 Å². The van der Waals surface area contributed by atoms with E-state index in [0.717, 1.165) is 0 Å². The van der Waals surface area contributed by atoms with Gasteiger partial charge in [0.25, 0.3) is 0 Å². The molecule has 1 heteroatoms. The molecule has 0 saturated heterocycles. The monoisotopic (exact) mass is 240 g/mol. The van der Waals surface area contributed by atoms with Crippen LogP contribution in [0.5, 0.6) is 0 Å². The minimum absolute atomic E-state index is 0.486. The molecule has 2 rings (SSSR count). The van der Waals surface area contributed by atoms with E-state index in [1.165, 1.54) is 22.9 Å². The zero-order chi connectivity index (χ0) is 9.90. The van der Waals surface area contributed by atoms with E-state index in [-0.39, 0.29) is 0 Å². The van der Waals surface area contributed by atoms with Crippen LogP contribution in [-0.2, 0) is 5.41 Å². The first-order valence-corrected chi connectivity index (χ1v) is 5.77. The van der Waals surface area contributed by atoms with Gasteiger partial charge in [-0.1, -0.05) is 54.9 Å². The predicted octanol–water partition coefficient (Wildman–Crippen LogP) is 4.53. The summed E-state index contributed by atoms with van der Waals surface area (Å²) in [6.07, 6.45) is 2.69. The highest BCUT2D eigenvalue weighted by Gasteiger charge is 2.39. The molecule has 1 aliphatic carbocycles. The van der Waals surface area contributed by atoms with Gasteiger partial charge in [0.1, 0.15) is 0 Å². The largest absolute Gasteiger partial charge is 0.0683 e. The van der Waals surface area contributed by atoms with Gasteiger partial charge in [0.2, 0.25) is 0 Å². The second kappa shape index (κ2) is 4.28. The van der Waals surface area contributed by atoms with Crippen LogP contribution in [0.2, 0.25) is 0 Å². The first-order chi connectivity index (χ1) is 6.22. The van der Waals surface area contributed by atoms with E-state index < -0.39 is 0 Å². The predicted molar refractivity (Wildman–Crippen MR) is 62.1 cm³/mol. The molecule has 1 aliphatic rings. The van der Waals surface area contributed by atoms with Crippen LogP contribution in [0.25, 0.3) is 0 Å². The molecule has 72 valence electrons. The summed E-state index contributed by atoms with van der Waals surface area (Å²) in [6, 6.07) is 8.53. The van der Waals surface area contributed by atoms with Gasteiger partial charge in [0.05, 0.1) is 0 Å². The molecule has 0 unspecified atom stereocenters. The summed E-state index contributed by atoms with van der Waals surface area (Å²) < 4.78 is 1.26. The summed E-state index contributed by atoms with van der Waals surface area (Å²) in [5.41, 5.74) is 1.96. The standard InChI is InChI=1S/C10H11Br.C2H6/c1-10(6-7-10)8-4-2-3-5-9(8)11;1-2/h2-5H,6-7H2,1H3;1-2H3. The zero-order valence-corrected chi connectivity index (χ0v) is 10.2. The molecular weight excluding hydrogens is 224 g/mol. The van der Waals surface area contributed by atoms with Gasteiger partial charge in [-0.15, -0.1) is 0 Å². The van der Waals surface area contributed by atoms with Crippen molar-refractivity contribution in [3.8, 4) is 0 Å². The summed E-state index contributed by atoms with van der Waals surface area (Å²) in [4.78, 5) is 0. The Balaban J connectivity index is 0.000000396. The molecule has 0 N–H and O–H groups in total. The van der Waals surface area contributed by atoms with E-state index in [9.17, 15) is 0 Å². The van der Waals surface area contributed by atoms with Gasteiger partial charge in [-0.3, -0.25) is 0 Å². The lowest BCUT2D eigenvalue weighted by atomic mass is 9.99. The van der Waals surface area contributed by atoms with Crippen molar-refractivity contribution >= 4 is 15.9 Å². The third kappa shape index (κ3) is 2.34. The van der Waals surface area contributed by atoms with Crippen LogP contribution in [0.15, 0.2) is 28.7 Å². The Labute approximate surface area is 89.5 Å². The molecule has 0 nitrogen and oxygen atoms in total. The van der Waals surface area contributed by atoms with Gasteiger partial charge in [-0.25, -0.2) is 0 Å². The Morgan fingerprint density at radius 2 is 1.69 bits per heavy atom. The minimum atomic E-state index is 0.486. The topological polar surface area (TPSA) is 0 Å². The summed E-state index contributed by atoms with van der Waals surface area (Å²) in [5, 5.41) is 0. The fourth-order valence-corrected chi connectivity index (χ4v) is 2.17. The van der Waals surface area contributed by atoms with Crippen LogP contribution in [0.3, 0.4) is 0 Å². The Bertz CT molecular complexity index is 274. The van der Waals surface area contributed by atoms with Crippen molar-refractivity contribution in [1.29, 1.82) is 0 Å². The summed E-state index contributed by atoms with van der Waals surface area (Å²) in [7, 11) is 0. The quantitative estimate of drug-likeness (QED) is 0.677. The number of hydrogen-bond acceptors (Lipinski definition) is 0. The fraction of sp³-hybridized carbons (Fsp3) is 0.500. The third-order valence-corrected chi connectivity index (χ3v) is 3.22. The molecule has 13 heavy (non-hydrogen) atoms. The fourth-order valence-electron chi connectivity index (χ4n) is 1.41. The molecule has 0 aromatic heterocycles. The van der Waals surface area contributed by atoms with Crippen LogP contribution < -0.4 is 0 Å². The van der Waals surface area contributed by atoms with Crippen molar-refractivity contribution < 1.29 is 0 Å². The van der Waals surface area contributed by atoms with E-state index in [1.807, 2.05) is 13.8 Å². The van der Waals surface area contributed by atoms with Crippen molar-refractivity contribution in [1.82, 2.24) is 0 Å². The van der Waals surface area contributed by atoms with Gasteiger partial charge in [0, 0.05) is 4.47 Å². The van der Waals surface area contributed by atoms with Gasteiger partial charge in [0.15, 0.2) is 0 Å². The average Bonchev–Trinajstić information content (AvgIpc) is 2.89. The van der Waals surface area contributed by atoms with Crippen molar-refractivity contribution in [2.45, 2.75) is 39.0 Å². The number of rotatable bonds is 1. The van der Waals surface area contributed by atoms with Crippen LogP contribution in [0.1, 0.15) is 39.2 Å². The first-order valence-electron chi connectivity index (χ1n) is 4.97. The lowest BCUT2D eigenvalue weighted by molar-refractivity contribution is 0.783. The number of benzene rings is 1. The second-order valence-corrected chi connectivity index (χ2v) is 4.39. The molecule has 0 heterocycles. The summed E-state index contributed by atoms with van der Waals surface area (Å²) in [6.45, 7) is 6.33. The SMILES string of the molecule is CC.CC1(c2ccccc2Br)CC1. The van der Waals surface area contributed by atoms with E-state index in [1.54, 1.807) is 0 Å². The molecule has 0 radical (unpaired) electrons. The minimum Gasteiger partial charge on any atom is -0.0683 e. The first kappa shape index (κ1) is 10.8. The zero-order valence-electron chi connectivity index (χ0n) is 8.60. The number of hydrogen-bond donors (Lipinski definition) is 0. The van der Waals surface area contributed by atoms with E-state index >= 15 is 0 Å². The molecular formula is C12H17Br.